The van der Waals surface area contributed by atoms with E-state index >= 15 is 0 Å². The maximum absolute atomic E-state index is 11.6. The summed E-state index contributed by atoms with van der Waals surface area (Å²) < 4.78 is 0. The van der Waals surface area contributed by atoms with Gasteiger partial charge in [0, 0.05) is 11.4 Å². The number of alkyl halides is 1. The van der Waals surface area contributed by atoms with Crippen LogP contribution >= 0.6 is 15.9 Å². The van der Waals surface area contributed by atoms with Crippen molar-refractivity contribution < 1.29 is 9.90 Å². The second-order valence-electron chi connectivity index (χ2n) is 3.46. The largest absolute Gasteiger partial charge is 0.507 e. The summed E-state index contributed by atoms with van der Waals surface area (Å²) in [5.41, 5.74) is 1.03. The number of halogens is 1. The van der Waals surface area contributed by atoms with Gasteiger partial charge in [0.05, 0.1) is 5.56 Å². The minimum atomic E-state index is -0.248. The predicted octanol–water partition coefficient (Wildman–Crippen LogP) is 2.21. The molecule has 1 aromatic rings. The Kier molecular flexibility index (Phi) is 4.15. The molecule has 0 radical (unpaired) electrons. The number of hydrogen-bond acceptors (Lipinski definition) is 2. The molecule has 1 aromatic carbocycles. The van der Waals surface area contributed by atoms with Crippen LogP contribution in [0, 0.1) is 6.92 Å². The zero-order chi connectivity index (χ0) is 11.4. The fourth-order valence-corrected chi connectivity index (χ4v) is 1.33. The van der Waals surface area contributed by atoms with Gasteiger partial charge in [0.15, 0.2) is 0 Å². The van der Waals surface area contributed by atoms with Crippen LogP contribution in [0.4, 0.5) is 0 Å². The quantitative estimate of drug-likeness (QED) is 0.829. The lowest BCUT2D eigenvalue weighted by molar-refractivity contribution is 0.0951. The summed E-state index contributed by atoms with van der Waals surface area (Å²) in [5.74, 6) is -0.195. The van der Waals surface area contributed by atoms with E-state index in [-0.39, 0.29) is 16.5 Å². The van der Waals surface area contributed by atoms with Gasteiger partial charge in [0.2, 0.25) is 0 Å². The summed E-state index contributed by atoms with van der Waals surface area (Å²) >= 11 is 3.33. The Hall–Kier alpha value is -1.03. The number of phenols is 1. The molecule has 15 heavy (non-hydrogen) atoms. The van der Waals surface area contributed by atoms with E-state index < -0.39 is 0 Å². The first-order valence-electron chi connectivity index (χ1n) is 4.73. The number of aromatic hydroxyl groups is 1. The molecule has 1 atom stereocenters. The van der Waals surface area contributed by atoms with Crippen molar-refractivity contribution in [3.8, 4) is 5.75 Å². The molecule has 0 saturated carbocycles. The van der Waals surface area contributed by atoms with Crippen molar-refractivity contribution in [3.63, 3.8) is 0 Å². The van der Waals surface area contributed by atoms with Crippen molar-refractivity contribution in [1.29, 1.82) is 0 Å². The number of benzene rings is 1. The average Bonchev–Trinajstić information content (AvgIpc) is 2.18. The average molecular weight is 272 g/mol. The van der Waals surface area contributed by atoms with Crippen molar-refractivity contribution >= 4 is 21.8 Å². The Morgan fingerprint density at radius 3 is 2.87 bits per heavy atom. The molecule has 1 unspecified atom stereocenters. The summed E-state index contributed by atoms with van der Waals surface area (Å²) in [7, 11) is 0. The molecule has 2 N–H and O–H groups in total. The standard InChI is InChI=1S/C11H14BrNO2/c1-7-4-3-5-9(10(7)14)11(15)13-6-8(2)12/h3-5,8,14H,6H2,1-2H3,(H,13,15). The van der Waals surface area contributed by atoms with E-state index in [4.69, 9.17) is 0 Å². The highest BCUT2D eigenvalue weighted by Gasteiger charge is 2.12. The lowest BCUT2D eigenvalue weighted by Gasteiger charge is -2.09. The molecule has 1 rings (SSSR count). The Balaban J connectivity index is 2.78. The van der Waals surface area contributed by atoms with Crippen LogP contribution in [0.1, 0.15) is 22.8 Å². The number of para-hydroxylation sites is 1. The van der Waals surface area contributed by atoms with Crippen LogP contribution in [0.25, 0.3) is 0 Å². The molecule has 0 fully saturated rings. The Morgan fingerprint density at radius 2 is 2.27 bits per heavy atom. The van der Waals surface area contributed by atoms with Gasteiger partial charge in [-0.1, -0.05) is 35.0 Å². The van der Waals surface area contributed by atoms with Crippen LogP contribution in [0.15, 0.2) is 18.2 Å². The lowest BCUT2D eigenvalue weighted by atomic mass is 10.1. The highest BCUT2D eigenvalue weighted by molar-refractivity contribution is 9.09. The molecule has 0 aliphatic carbocycles. The minimum Gasteiger partial charge on any atom is -0.507 e. The molecule has 0 spiro atoms. The van der Waals surface area contributed by atoms with Crippen molar-refractivity contribution in [2.24, 2.45) is 0 Å². The molecule has 0 heterocycles. The first-order chi connectivity index (χ1) is 7.02. The number of carbonyl (C=O) groups is 1. The van der Waals surface area contributed by atoms with Gasteiger partial charge in [-0.15, -0.1) is 0 Å². The van der Waals surface area contributed by atoms with Gasteiger partial charge >= 0.3 is 0 Å². The van der Waals surface area contributed by atoms with Crippen LogP contribution in [-0.4, -0.2) is 22.4 Å². The van der Waals surface area contributed by atoms with Gasteiger partial charge in [-0.3, -0.25) is 4.79 Å². The molecule has 3 nitrogen and oxygen atoms in total. The number of aryl methyl sites for hydroxylation is 1. The Morgan fingerprint density at radius 1 is 1.60 bits per heavy atom. The fraction of sp³-hybridized carbons (Fsp3) is 0.364. The van der Waals surface area contributed by atoms with E-state index in [1.54, 1.807) is 25.1 Å². The van der Waals surface area contributed by atoms with Gasteiger partial charge in [0.1, 0.15) is 5.75 Å². The van der Waals surface area contributed by atoms with Gasteiger partial charge < -0.3 is 10.4 Å². The zero-order valence-corrected chi connectivity index (χ0v) is 10.3. The van der Waals surface area contributed by atoms with E-state index in [0.717, 1.165) is 0 Å². The van der Waals surface area contributed by atoms with Crippen molar-refractivity contribution in [3.05, 3.63) is 29.3 Å². The monoisotopic (exact) mass is 271 g/mol. The van der Waals surface area contributed by atoms with Crippen LogP contribution in [0.3, 0.4) is 0 Å². The topological polar surface area (TPSA) is 49.3 Å². The first-order valence-corrected chi connectivity index (χ1v) is 5.64. The van der Waals surface area contributed by atoms with E-state index in [2.05, 4.69) is 21.2 Å². The number of phenolic OH excluding ortho intramolecular Hbond substituents is 1. The van der Waals surface area contributed by atoms with E-state index in [0.29, 0.717) is 17.7 Å². The zero-order valence-electron chi connectivity index (χ0n) is 8.75. The fourth-order valence-electron chi connectivity index (χ4n) is 1.17. The summed E-state index contributed by atoms with van der Waals surface area (Å²) in [6.45, 7) is 4.24. The van der Waals surface area contributed by atoms with E-state index in [9.17, 15) is 9.90 Å². The van der Waals surface area contributed by atoms with Crippen LogP contribution in [-0.2, 0) is 0 Å². The molecule has 4 heteroatoms. The smallest absolute Gasteiger partial charge is 0.255 e. The summed E-state index contributed by atoms with van der Waals surface area (Å²) in [6, 6.07) is 5.12. The summed E-state index contributed by atoms with van der Waals surface area (Å²) in [6.07, 6.45) is 0. The number of hydrogen-bond donors (Lipinski definition) is 2. The minimum absolute atomic E-state index is 0.0530. The van der Waals surface area contributed by atoms with E-state index in [1.807, 2.05) is 6.92 Å². The molecule has 0 saturated heterocycles. The molecule has 0 aliphatic rings. The number of carbonyl (C=O) groups excluding carboxylic acids is 1. The van der Waals surface area contributed by atoms with Gasteiger partial charge in [0.25, 0.3) is 5.91 Å². The second-order valence-corrected chi connectivity index (χ2v) is 5.03. The lowest BCUT2D eigenvalue weighted by Crippen LogP contribution is -2.28. The van der Waals surface area contributed by atoms with Gasteiger partial charge in [-0.2, -0.15) is 0 Å². The molecule has 0 bridgehead atoms. The number of nitrogens with one attached hydrogen (secondary N) is 1. The van der Waals surface area contributed by atoms with Crippen LogP contribution in [0.2, 0.25) is 0 Å². The van der Waals surface area contributed by atoms with Crippen LogP contribution in [0.5, 0.6) is 5.75 Å². The highest BCUT2D eigenvalue weighted by atomic mass is 79.9. The highest BCUT2D eigenvalue weighted by Crippen LogP contribution is 2.20. The SMILES string of the molecule is Cc1cccc(C(=O)NCC(C)Br)c1O. The molecule has 82 valence electrons. The van der Waals surface area contributed by atoms with Gasteiger partial charge in [-0.05, 0) is 18.6 Å². The van der Waals surface area contributed by atoms with Crippen molar-refractivity contribution in [2.75, 3.05) is 6.54 Å². The Labute approximate surface area is 97.6 Å². The molecular formula is C11H14BrNO2. The molecule has 0 aromatic heterocycles. The maximum atomic E-state index is 11.6. The third-order valence-corrected chi connectivity index (χ3v) is 2.35. The Bertz CT molecular complexity index is 364. The normalized spacial score (nSPS) is 12.2. The third-order valence-electron chi connectivity index (χ3n) is 2.03. The summed E-state index contributed by atoms with van der Waals surface area (Å²) in [4.78, 5) is 11.8. The molecule has 0 aliphatic heterocycles. The van der Waals surface area contributed by atoms with Gasteiger partial charge in [-0.25, -0.2) is 0 Å². The summed E-state index contributed by atoms with van der Waals surface area (Å²) in [5, 5.41) is 12.4. The second kappa shape index (κ2) is 5.16. The number of rotatable bonds is 3. The number of amides is 1. The van der Waals surface area contributed by atoms with Crippen LogP contribution < -0.4 is 5.32 Å². The third kappa shape index (κ3) is 3.23. The molecule has 1 amide bonds. The maximum Gasteiger partial charge on any atom is 0.255 e. The predicted molar refractivity (Wildman–Crippen MR) is 63.6 cm³/mol. The molecular weight excluding hydrogens is 258 g/mol. The first kappa shape index (κ1) is 12.0. The van der Waals surface area contributed by atoms with E-state index in [1.165, 1.54) is 0 Å². The van der Waals surface area contributed by atoms with Crippen molar-refractivity contribution in [2.45, 2.75) is 18.7 Å². The van der Waals surface area contributed by atoms with Crippen molar-refractivity contribution in [1.82, 2.24) is 5.32 Å².